The number of fused-ring (bicyclic) bond motifs is 1. The molecule has 2 aromatic heterocycles. The second-order valence-electron chi connectivity index (χ2n) is 11.6. The van der Waals surface area contributed by atoms with Crippen molar-refractivity contribution in [3.63, 3.8) is 0 Å². The fourth-order valence-electron chi connectivity index (χ4n) is 5.57. The number of halogens is 2. The zero-order valence-corrected chi connectivity index (χ0v) is 29.2. The van der Waals surface area contributed by atoms with E-state index in [1.54, 1.807) is 32.1 Å². The van der Waals surface area contributed by atoms with E-state index in [0.717, 1.165) is 46.6 Å². The van der Waals surface area contributed by atoms with Crippen molar-refractivity contribution in [3.05, 3.63) is 117 Å². The predicted octanol–water partition coefficient (Wildman–Crippen LogP) is 7.68. The number of benzene rings is 3. The van der Waals surface area contributed by atoms with Gasteiger partial charge >= 0.3 is 0 Å². The molecule has 3 aromatic carbocycles. The minimum absolute atomic E-state index is 0.0619. The molecule has 48 heavy (non-hydrogen) atoms. The van der Waals surface area contributed by atoms with Gasteiger partial charge in [0, 0.05) is 37.3 Å². The molecule has 0 fully saturated rings. The van der Waals surface area contributed by atoms with Gasteiger partial charge in [0.1, 0.15) is 22.7 Å². The van der Waals surface area contributed by atoms with E-state index in [1.165, 1.54) is 0 Å². The maximum absolute atomic E-state index is 14.2. The van der Waals surface area contributed by atoms with Crippen molar-refractivity contribution >= 4 is 45.9 Å². The number of pyridine rings is 1. The number of aromatic nitrogens is 3. The summed E-state index contributed by atoms with van der Waals surface area (Å²) < 4.78 is 17.9. The van der Waals surface area contributed by atoms with E-state index in [2.05, 4.69) is 17.1 Å². The molecule has 0 aliphatic heterocycles. The summed E-state index contributed by atoms with van der Waals surface area (Å²) >= 11 is 12.6. The highest BCUT2D eigenvalue weighted by Gasteiger charge is 2.21. The predicted molar refractivity (Wildman–Crippen MR) is 194 cm³/mol. The van der Waals surface area contributed by atoms with Crippen molar-refractivity contribution in [2.75, 3.05) is 38.2 Å². The topological polar surface area (TPSA) is 90.7 Å². The average Bonchev–Trinajstić information content (AvgIpc) is 3.10. The van der Waals surface area contributed by atoms with Crippen LogP contribution in [0.25, 0.3) is 10.9 Å². The first-order valence-electron chi connectivity index (χ1n) is 15.9. The van der Waals surface area contributed by atoms with Crippen LogP contribution in [0.3, 0.4) is 0 Å². The molecule has 9 nitrogen and oxygen atoms in total. The van der Waals surface area contributed by atoms with Crippen LogP contribution in [0.2, 0.25) is 5.02 Å². The van der Waals surface area contributed by atoms with Crippen molar-refractivity contribution < 1.29 is 14.2 Å². The van der Waals surface area contributed by atoms with Crippen molar-refractivity contribution in [2.24, 2.45) is 0 Å². The number of hydrogen-bond donors (Lipinski definition) is 1. The van der Waals surface area contributed by atoms with Gasteiger partial charge in [0.2, 0.25) is 5.95 Å². The summed E-state index contributed by atoms with van der Waals surface area (Å²) in [4.78, 5) is 26.3. The average molecular weight is 691 g/mol. The van der Waals surface area contributed by atoms with Crippen molar-refractivity contribution in [1.82, 2.24) is 14.5 Å². The molecule has 5 aromatic rings. The lowest BCUT2D eigenvalue weighted by Gasteiger charge is -2.25. The van der Waals surface area contributed by atoms with Gasteiger partial charge in [0.15, 0.2) is 0 Å². The van der Waals surface area contributed by atoms with E-state index in [1.807, 2.05) is 72.8 Å². The highest BCUT2D eigenvalue weighted by molar-refractivity contribution is 6.31. The lowest BCUT2D eigenvalue weighted by Crippen LogP contribution is -2.30. The molecule has 1 atom stereocenters. The Balaban J connectivity index is 1.61. The molecule has 0 saturated heterocycles. The quantitative estimate of drug-likeness (QED) is 0.106. The minimum atomic E-state index is -0.219. The van der Waals surface area contributed by atoms with Crippen LogP contribution in [0.15, 0.2) is 83.8 Å². The van der Waals surface area contributed by atoms with Gasteiger partial charge in [-0.2, -0.15) is 4.98 Å². The number of hydrogen-bond acceptors (Lipinski definition) is 8. The molecule has 2 heterocycles. The molecule has 0 amide bonds. The second-order valence-corrected chi connectivity index (χ2v) is 12.3. The van der Waals surface area contributed by atoms with E-state index in [9.17, 15) is 4.79 Å². The number of alkyl halides is 1. The Hall–Kier alpha value is -4.31. The van der Waals surface area contributed by atoms with Crippen molar-refractivity contribution in [3.8, 4) is 11.5 Å². The maximum Gasteiger partial charge on any atom is 0.264 e. The van der Waals surface area contributed by atoms with E-state index < -0.39 is 0 Å². The second kappa shape index (κ2) is 16.7. The zero-order valence-electron chi connectivity index (χ0n) is 27.7. The molecule has 0 radical (unpaired) electrons. The summed E-state index contributed by atoms with van der Waals surface area (Å²) in [5.41, 5.74) is 4.15. The standard InChI is InChI=1S/C37H41Cl2N5O4/c1-5-6-29(24-46-2)40-35-34-33(17-18-43(36(34)45)23-28-12-7-27(20-38)19-32(28)39)41-37(42-35)44(21-25-8-13-30(47-3)14-9-25)22-26-10-15-31(48-4)16-11-26/h7-19,29H,5-6,20-24H2,1-4H3,(H,40,41,42)/t29-/m0/s1. The third-order valence-electron chi connectivity index (χ3n) is 8.12. The maximum atomic E-state index is 14.2. The Morgan fingerprint density at radius 3 is 2.04 bits per heavy atom. The zero-order chi connectivity index (χ0) is 34.0. The lowest BCUT2D eigenvalue weighted by atomic mass is 10.1. The van der Waals surface area contributed by atoms with Gasteiger partial charge in [-0.15, -0.1) is 11.6 Å². The van der Waals surface area contributed by atoms with E-state index in [4.69, 9.17) is 47.4 Å². The van der Waals surface area contributed by atoms with Gasteiger partial charge in [0.05, 0.1) is 38.9 Å². The van der Waals surface area contributed by atoms with Crippen LogP contribution in [0.4, 0.5) is 11.8 Å². The third-order valence-corrected chi connectivity index (χ3v) is 8.78. The monoisotopic (exact) mass is 689 g/mol. The first kappa shape index (κ1) is 35.0. The lowest BCUT2D eigenvalue weighted by molar-refractivity contribution is 0.182. The van der Waals surface area contributed by atoms with Crippen LogP contribution in [-0.2, 0) is 30.3 Å². The van der Waals surface area contributed by atoms with Crippen LogP contribution in [0.1, 0.15) is 42.0 Å². The molecule has 0 spiro atoms. The van der Waals surface area contributed by atoms with Crippen molar-refractivity contribution in [1.29, 1.82) is 0 Å². The summed E-state index contributed by atoms with van der Waals surface area (Å²) in [6, 6.07) is 23.3. The Morgan fingerprint density at radius 1 is 0.875 bits per heavy atom. The van der Waals surface area contributed by atoms with Crippen LogP contribution >= 0.6 is 23.2 Å². The number of nitrogens with one attached hydrogen (secondary N) is 1. The molecule has 5 rings (SSSR count). The Kier molecular flexibility index (Phi) is 12.2. The number of nitrogens with zero attached hydrogens (tertiary/aromatic N) is 4. The Bertz CT molecular complexity index is 1810. The van der Waals surface area contributed by atoms with E-state index >= 15 is 0 Å². The van der Waals surface area contributed by atoms with Gasteiger partial charge in [-0.3, -0.25) is 4.79 Å². The number of ether oxygens (including phenoxy) is 3. The van der Waals surface area contributed by atoms with Gasteiger partial charge in [-0.1, -0.05) is 61.3 Å². The van der Waals surface area contributed by atoms with Gasteiger partial charge in [0.25, 0.3) is 5.56 Å². The normalized spacial score (nSPS) is 11.8. The molecule has 1 N–H and O–H groups in total. The summed E-state index contributed by atoms with van der Waals surface area (Å²) in [6.07, 6.45) is 3.52. The number of rotatable bonds is 16. The van der Waals surface area contributed by atoms with Gasteiger partial charge in [-0.05, 0) is 65.1 Å². The molecular formula is C37H41Cl2N5O4. The Morgan fingerprint density at radius 2 is 1.50 bits per heavy atom. The van der Waals surface area contributed by atoms with Crippen LogP contribution < -0.4 is 25.2 Å². The van der Waals surface area contributed by atoms with Crippen LogP contribution in [-0.4, -0.2) is 48.5 Å². The molecule has 0 saturated carbocycles. The largest absolute Gasteiger partial charge is 0.497 e. The van der Waals surface area contributed by atoms with E-state index in [-0.39, 0.29) is 18.1 Å². The fourth-order valence-corrected chi connectivity index (χ4v) is 5.99. The molecule has 0 aliphatic carbocycles. The highest BCUT2D eigenvalue weighted by atomic mass is 35.5. The van der Waals surface area contributed by atoms with E-state index in [0.29, 0.717) is 53.3 Å². The van der Waals surface area contributed by atoms with Crippen molar-refractivity contribution in [2.45, 2.75) is 51.3 Å². The fraction of sp³-hybridized carbons (Fsp3) is 0.324. The molecule has 252 valence electrons. The molecule has 0 bridgehead atoms. The molecule has 11 heteroatoms. The summed E-state index contributed by atoms with van der Waals surface area (Å²) in [7, 11) is 4.97. The van der Waals surface area contributed by atoms with Gasteiger partial charge in [-0.25, -0.2) is 4.98 Å². The third kappa shape index (κ3) is 8.58. The molecule has 0 unspecified atom stereocenters. The van der Waals surface area contributed by atoms with Crippen LogP contribution in [0, 0.1) is 0 Å². The SMILES string of the molecule is CCC[C@@H](COC)Nc1nc(N(Cc2ccc(OC)cc2)Cc2ccc(OC)cc2)nc2ccn(Cc3ccc(CCl)cc3Cl)c(=O)c12. The number of anilines is 2. The first-order chi connectivity index (χ1) is 23.3. The summed E-state index contributed by atoms with van der Waals surface area (Å²) in [5.74, 6) is 2.87. The summed E-state index contributed by atoms with van der Waals surface area (Å²) in [6.45, 7) is 3.90. The Labute approximate surface area is 291 Å². The molecular weight excluding hydrogens is 649 g/mol. The van der Waals surface area contributed by atoms with Crippen LogP contribution in [0.5, 0.6) is 11.5 Å². The smallest absolute Gasteiger partial charge is 0.264 e. The molecule has 0 aliphatic rings. The first-order valence-corrected chi connectivity index (χ1v) is 16.8. The van der Waals surface area contributed by atoms with Gasteiger partial charge < -0.3 is 29.0 Å². The summed E-state index contributed by atoms with van der Waals surface area (Å²) in [5, 5.41) is 4.51. The number of methoxy groups -OCH3 is 3. The highest BCUT2D eigenvalue weighted by Crippen LogP contribution is 2.27. The minimum Gasteiger partial charge on any atom is -0.497 e.